The van der Waals surface area contributed by atoms with Crippen LogP contribution < -0.4 is 14.8 Å². The zero-order valence-corrected chi connectivity index (χ0v) is 17.6. The summed E-state index contributed by atoms with van der Waals surface area (Å²) in [4.78, 5) is 16.5. The van der Waals surface area contributed by atoms with Gasteiger partial charge in [-0.1, -0.05) is 12.1 Å². The number of rotatable bonds is 9. The SMILES string of the molecule is CCS(=O)(=O)c1ccc(Oc2cc(OC(C)CO)cc(C(=O)Nc3ccon3)c2)cn1. The summed E-state index contributed by atoms with van der Waals surface area (Å²) in [6, 6.07) is 8.80. The van der Waals surface area contributed by atoms with E-state index in [1.54, 1.807) is 6.92 Å². The van der Waals surface area contributed by atoms with Crippen molar-refractivity contribution >= 4 is 21.6 Å². The van der Waals surface area contributed by atoms with Crippen molar-refractivity contribution in [3.05, 3.63) is 54.4 Å². The number of hydrogen-bond donors (Lipinski definition) is 2. The molecule has 0 fully saturated rings. The van der Waals surface area contributed by atoms with E-state index in [9.17, 15) is 18.3 Å². The Labute approximate surface area is 178 Å². The Morgan fingerprint density at radius 3 is 2.58 bits per heavy atom. The Balaban J connectivity index is 1.87. The molecular weight excluding hydrogens is 426 g/mol. The predicted octanol–water partition coefficient (Wildman–Crippen LogP) is 2.67. The number of nitrogens with zero attached hydrogens (tertiary/aromatic N) is 2. The van der Waals surface area contributed by atoms with Crippen LogP contribution >= 0.6 is 0 Å². The number of aromatic nitrogens is 2. The summed E-state index contributed by atoms with van der Waals surface area (Å²) in [7, 11) is -3.43. The van der Waals surface area contributed by atoms with Crippen LogP contribution in [0.5, 0.6) is 17.2 Å². The smallest absolute Gasteiger partial charge is 0.257 e. The van der Waals surface area contributed by atoms with Gasteiger partial charge in [0.2, 0.25) is 0 Å². The molecule has 164 valence electrons. The number of sulfone groups is 1. The number of nitrogens with one attached hydrogen (secondary N) is 1. The molecule has 1 unspecified atom stereocenters. The lowest BCUT2D eigenvalue weighted by Gasteiger charge is -2.15. The van der Waals surface area contributed by atoms with Gasteiger partial charge in [-0.25, -0.2) is 13.4 Å². The Bertz CT molecular complexity index is 1130. The van der Waals surface area contributed by atoms with Gasteiger partial charge in [-0.05, 0) is 31.2 Å². The van der Waals surface area contributed by atoms with Crippen molar-refractivity contribution < 1.29 is 32.3 Å². The number of aliphatic hydroxyl groups is 1. The monoisotopic (exact) mass is 447 g/mol. The van der Waals surface area contributed by atoms with Gasteiger partial charge in [0.15, 0.2) is 20.7 Å². The molecule has 1 amide bonds. The predicted molar refractivity (Wildman–Crippen MR) is 110 cm³/mol. The second kappa shape index (κ2) is 9.58. The third-order valence-corrected chi connectivity index (χ3v) is 5.70. The zero-order valence-electron chi connectivity index (χ0n) is 16.8. The third kappa shape index (κ3) is 5.80. The van der Waals surface area contributed by atoms with Crippen LogP contribution in [0.4, 0.5) is 5.82 Å². The molecule has 0 radical (unpaired) electrons. The fourth-order valence-corrected chi connectivity index (χ4v) is 3.24. The number of hydrogen-bond acceptors (Lipinski definition) is 9. The number of ether oxygens (including phenoxy) is 2. The zero-order chi connectivity index (χ0) is 22.4. The molecule has 1 atom stereocenters. The second-order valence-corrected chi connectivity index (χ2v) is 8.71. The third-order valence-electron chi connectivity index (χ3n) is 4.06. The summed E-state index contributed by atoms with van der Waals surface area (Å²) in [5.74, 6) is 0.503. The number of carbonyl (C=O) groups excluding carboxylic acids is 1. The summed E-state index contributed by atoms with van der Waals surface area (Å²) < 4.78 is 39.8. The Kier molecular flexibility index (Phi) is 6.88. The lowest BCUT2D eigenvalue weighted by atomic mass is 10.2. The van der Waals surface area contributed by atoms with Crippen molar-refractivity contribution in [1.29, 1.82) is 0 Å². The highest BCUT2D eigenvalue weighted by Crippen LogP contribution is 2.29. The van der Waals surface area contributed by atoms with Crippen LogP contribution in [0.2, 0.25) is 0 Å². The van der Waals surface area contributed by atoms with Gasteiger partial charge in [0.05, 0.1) is 18.6 Å². The van der Waals surface area contributed by atoms with Crippen LogP contribution in [-0.2, 0) is 9.84 Å². The molecule has 2 aromatic heterocycles. The van der Waals surface area contributed by atoms with Crippen molar-refractivity contribution in [2.45, 2.75) is 25.0 Å². The molecule has 0 saturated heterocycles. The highest BCUT2D eigenvalue weighted by atomic mass is 32.2. The molecule has 0 aliphatic heterocycles. The average molecular weight is 447 g/mol. The van der Waals surface area contributed by atoms with Crippen molar-refractivity contribution in [2.75, 3.05) is 17.7 Å². The first-order valence-corrected chi connectivity index (χ1v) is 11.0. The molecule has 1 aromatic carbocycles. The second-order valence-electron chi connectivity index (χ2n) is 6.48. The van der Waals surface area contributed by atoms with E-state index in [1.165, 1.54) is 55.8 Å². The van der Waals surface area contributed by atoms with E-state index in [0.29, 0.717) is 5.75 Å². The van der Waals surface area contributed by atoms with Gasteiger partial charge >= 0.3 is 0 Å². The fraction of sp³-hybridized carbons (Fsp3) is 0.250. The number of pyridine rings is 1. The van der Waals surface area contributed by atoms with Crippen LogP contribution in [-0.4, -0.2) is 48.0 Å². The highest BCUT2D eigenvalue weighted by Gasteiger charge is 2.16. The van der Waals surface area contributed by atoms with E-state index in [1.807, 2.05) is 0 Å². The number of benzene rings is 1. The van der Waals surface area contributed by atoms with Gasteiger partial charge in [0.1, 0.15) is 29.6 Å². The molecule has 31 heavy (non-hydrogen) atoms. The Hall–Kier alpha value is -3.44. The molecule has 0 bridgehead atoms. The van der Waals surface area contributed by atoms with Crippen LogP contribution in [0.15, 0.2) is 58.4 Å². The van der Waals surface area contributed by atoms with Gasteiger partial charge in [-0.2, -0.15) is 0 Å². The van der Waals surface area contributed by atoms with Crippen molar-refractivity contribution in [3.8, 4) is 17.2 Å². The van der Waals surface area contributed by atoms with E-state index in [0.717, 1.165) is 0 Å². The maximum Gasteiger partial charge on any atom is 0.257 e. The molecule has 0 spiro atoms. The molecule has 3 rings (SSSR count). The van der Waals surface area contributed by atoms with E-state index in [4.69, 9.17) is 14.0 Å². The first-order valence-electron chi connectivity index (χ1n) is 9.31. The summed E-state index contributed by atoms with van der Waals surface area (Å²) in [6.45, 7) is 2.98. The lowest BCUT2D eigenvalue weighted by molar-refractivity contribution is 0.102. The van der Waals surface area contributed by atoms with Crippen molar-refractivity contribution in [1.82, 2.24) is 10.1 Å². The molecule has 10 nitrogen and oxygen atoms in total. The average Bonchev–Trinajstić information content (AvgIpc) is 3.27. The summed E-state index contributed by atoms with van der Waals surface area (Å²) in [6.07, 6.45) is 2.09. The summed E-state index contributed by atoms with van der Waals surface area (Å²) in [5, 5.41) is 15.4. The summed E-state index contributed by atoms with van der Waals surface area (Å²) >= 11 is 0. The largest absolute Gasteiger partial charge is 0.488 e. The Morgan fingerprint density at radius 1 is 1.19 bits per heavy atom. The van der Waals surface area contributed by atoms with Crippen molar-refractivity contribution in [3.63, 3.8) is 0 Å². The first kappa shape index (κ1) is 22.2. The molecule has 0 saturated carbocycles. The number of amides is 1. The van der Waals surface area contributed by atoms with E-state index in [2.05, 4.69) is 15.5 Å². The van der Waals surface area contributed by atoms with E-state index >= 15 is 0 Å². The minimum Gasteiger partial charge on any atom is -0.488 e. The van der Waals surface area contributed by atoms with Gasteiger partial charge in [-0.15, -0.1) is 0 Å². The molecule has 11 heteroatoms. The van der Waals surface area contributed by atoms with Crippen LogP contribution in [0.1, 0.15) is 24.2 Å². The van der Waals surface area contributed by atoms with E-state index < -0.39 is 21.8 Å². The van der Waals surface area contributed by atoms with Gasteiger partial charge in [0, 0.05) is 17.7 Å². The molecule has 2 N–H and O–H groups in total. The number of aliphatic hydroxyl groups excluding tert-OH is 1. The molecular formula is C20H21N3O7S. The minimum atomic E-state index is -3.43. The van der Waals surface area contributed by atoms with Crippen LogP contribution in [0, 0.1) is 0 Å². The Morgan fingerprint density at radius 2 is 1.97 bits per heavy atom. The standard InChI is InChI=1S/C20H21N3O7S/c1-3-31(26,27)19-5-4-15(11-21-19)30-17-9-14(8-16(10-17)29-13(2)12-24)20(25)22-18-6-7-28-23-18/h4-11,13,24H,3,12H2,1-2H3,(H,22,23,25). The van der Waals surface area contributed by atoms with Crippen LogP contribution in [0.3, 0.4) is 0 Å². The molecule has 0 aliphatic rings. The van der Waals surface area contributed by atoms with Gasteiger partial charge in [0.25, 0.3) is 5.91 Å². The summed E-state index contributed by atoms with van der Waals surface area (Å²) in [5.41, 5.74) is 0.207. The van der Waals surface area contributed by atoms with Gasteiger partial charge < -0.3 is 24.4 Å². The molecule has 2 heterocycles. The molecule has 3 aromatic rings. The topological polar surface area (TPSA) is 141 Å². The lowest BCUT2D eigenvalue weighted by Crippen LogP contribution is -2.17. The minimum absolute atomic E-state index is 0.0520. The normalized spacial score (nSPS) is 12.2. The quantitative estimate of drug-likeness (QED) is 0.506. The molecule has 0 aliphatic carbocycles. The van der Waals surface area contributed by atoms with E-state index in [-0.39, 0.29) is 40.3 Å². The first-order chi connectivity index (χ1) is 14.8. The maximum atomic E-state index is 12.6. The number of carbonyl (C=O) groups is 1. The highest BCUT2D eigenvalue weighted by molar-refractivity contribution is 7.91. The maximum absolute atomic E-state index is 12.6. The van der Waals surface area contributed by atoms with Crippen molar-refractivity contribution in [2.24, 2.45) is 0 Å². The number of anilines is 1. The van der Waals surface area contributed by atoms with Crippen LogP contribution in [0.25, 0.3) is 0 Å². The van der Waals surface area contributed by atoms with Gasteiger partial charge in [-0.3, -0.25) is 4.79 Å². The fourth-order valence-electron chi connectivity index (χ4n) is 2.46.